The van der Waals surface area contributed by atoms with Gasteiger partial charge in [-0.05, 0) is 69.5 Å². The van der Waals surface area contributed by atoms with Crippen LogP contribution < -0.4 is 14.8 Å². The number of fused-ring (bicyclic) bond motifs is 2. The molecule has 0 fully saturated rings. The lowest BCUT2D eigenvalue weighted by Gasteiger charge is -2.12. The summed E-state index contributed by atoms with van der Waals surface area (Å²) in [7, 11) is 0. The van der Waals surface area contributed by atoms with Crippen molar-refractivity contribution in [1.29, 1.82) is 0 Å². The van der Waals surface area contributed by atoms with Crippen LogP contribution in [-0.2, 0) is 11.2 Å². The minimum atomic E-state index is -0.0557. The number of hydrogen-bond donors (Lipinski definition) is 1. The maximum atomic E-state index is 12.6. The second kappa shape index (κ2) is 8.24. The van der Waals surface area contributed by atoms with Crippen LogP contribution in [0.1, 0.15) is 34.5 Å². The van der Waals surface area contributed by atoms with Crippen LogP contribution in [0.25, 0.3) is 16.7 Å². The molecule has 1 aliphatic rings. The number of carbonyl (C=O) groups excluding carboxylic acids is 1. The maximum Gasteiger partial charge on any atom is 0.231 e. The molecule has 0 saturated carbocycles. The Balaban J connectivity index is 1.38. The van der Waals surface area contributed by atoms with E-state index in [9.17, 15) is 4.79 Å². The molecule has 4 aromatic rings. The first-order chi connectivity index (χ1) is 15.9. The summed E-state index contributed by atoms with van der Waals surface area (Å²) in [6.07, 6.45) is 0.959. The average molecular weight is 443 g/mol. The quantitative estimate of drug-likeness (QED) is 0.473. The molecule has 0 radical (unpaired) electrons. The van der Waals surface area contributed by atoms with Gasteiger partial charge in [-0.1, -0.05) is 17.7 Å². The van der Waals surface area contributed by atoms with Gasteiger partial charge in [0.25, 0.3) is 0 Å². The van der Waals surface area contributed by atoms with Crippen molar-refractivity contribution >= 4 is 22.6 Å². The van der Waals surface area contributed by atoms with Crippen molar-refractivity contribution in [3.05, 3.63) is 70.5 Å². The Bertz CT molecular complexity index is 1370. The number of nitrogens with one attached hydrogen (secondary N) is 1. The normalized spacial score (nSPS) is 12.4. The Kier molecular flexibility index (Phi) is 5.24. The minimum absolute atomic E-state index is 0.0557. The van der Waals surface area contributed by atoms with E-state index >= 15 is 0 Å². The molecule has 0 aliphatic carbocycles. The summed E-state index contributed by atoms with van der Waals surface area (Å²) in [5, 5.41) is 8.76. The number of nitrogens with zero attached hydrogens (tertiary/aromatic N) is 3. The lowest BCUT2D eigenvalue weighted by molar-refractivity contribution is -0.116. The van der Waals surface area contributed by atoms with E-state index in [4.69, 9.17) is 19.6 Å². The van der Waals surface area contributed by atoms with E-state index in [1.165, 1.54) is 5.56 Å². The molecule has 2 aromatic carbocycles. The van der Waals surface area contributed by atoms with Gasteiger partial charge in [0.05, 0.1) is 11.4 Å². The van der Waals surface area contributed by atoms with Gasteiger partial charge in [0, 0.05) is 29.3 Å². The highest BCUT2D eigenvalue weighted by molar-refractivity contribution is 5.91. The Morgan fingerprint density at radius 3 is 2.55 bits per heavy atom. The molecule has 7 heteroatoms. The molecule has 0 bridgehead atoms. The zero-order valence-electron chi connectivity index (χ0n) is 19.2. The molecule has 1 aliphatic heterocycles. The van der Waals surface area contributed by atoms with Crippen molar-refractivity contribution in [1.82, 2.24) is 14.8 Å². The summed E-state index contributed by atoms with van der Waals surface area (Å²) in [5.74, 6) is 1.29. The van der Waals surface area contributed by atoms with Crippen LogP contribution in [0.15, 0.2) is 42.5 Å². The molecular weight excluding hydrogens is 416 g/mol. The second-order valence-electron chi connectivity index (χ2n) is 8.45. The van der Waals surface area contributed by atoms with Crippen molar-refractivity contribution in [2.24, 2.45) is 0 Å². The number of amides is 1. The van der Waals surface area contributed by atoms with Crippen molar-refractivity contribution in [2.45, 2.75) is 40.5 Å². The Labute approximate surface area is 192 Å². The Hall–Kier alpha value is -3.87. The van der Waals surface area contributed by atoms with Crippen LogP contribution in [0.4, 0.5) is 5.69 Å². The van der Waals surface area contributed by atoms with Gasteiger partial charge in [-0.15, -0.1) is 0 Å². The topological polar surface area (TPSA) is 78.3 Å². The largest absolute Gasteiger partial charge is 0.454 e. The molecule has 0 atom stereocenters. The number of aryl methyl sites for hydroxylation is 4. The Morgan fingerprint density at radius 2 is 1.76 bits per heavy atom. The molecule has 2 aromatic heterocycles. The second-order valence-corrected chi connectivity index (χ2v) is 8.45. The smallest absolute Gasteiger partial charge is 0.231 e. The summed E-state index contributed by atoms with van der Waals surface area (Å²) < 4.78 is 12.6. The molecule has 3 heterocycles. The van der Waals surface area contributed by atoms with Crippen molar-refractivity contribution in [3.63, 3.8) is 0 Å². The zero-order chi connectivity index (χ0) is 23.1. The molecule has 0 saturated heterocycles. The summed E-state index contributed by atoms with van der Waals surface area (Å²) in [5.41, 5.74) is 7.81. The fraction of sp³-hybridized carbons (Fsp3) is 0.269. The molecule has 0 spiro atoms. The van der Waals surface area contributed by atoms with Crippen LogP contribution >= 0.6 is 0 Å². The van der Waals surface area contributed by atoms with E-state index in [1.54, 1.807) is 12.1 Å². The third-order valence-electron chi connectivity index (χ3n) is 6.11. The number of anilines is 1. The zero-order valence-corrected chi connectivity index (χ0v) is 19.2. The van der Waals surface area contributed by atoms with Crippen LogP contribution in [0.3, 0.4) is 0 Å². The van der Waals surface area contributed by atoms with Crippen LogP contribution in [-0.4, -0.2) is 27.5 Å². The molecule has 33 heavy (non-hydrogen) atoms. The minimum Gasteiger partial charge on any atom is -0.454 e. The monoisotopic (exact) mass is 442 g/mol. The fourth-order valence-electron chi connectivity index (χ4n) is 4.38. The van der Waals surface area contributed by atoms with E-state index in [0.717, 1.165) is 39.2 Å². The van der Waals surface area contributed by atoms with Crippen LogP contribution in [0.2, 0.25) is 0 Å². The number of hydrogen-bond acceptors (Lipinski definition) is 5. The van der Waals surface area contributed by atoms with Crippen molar-refractivity contribution < 1.29 is 14.3 Å². The molecular formula is C26H26N4O3. The number of aromatic nitrogens is 3. The fourth-order valence-corrected chi connectivity index (χ4v) is 4.38. The van der Waals surface area contributed by atoms with Gasteiger partial charge < -0.3 is 14.8 Å². The van der Waals surface area contributed by atoms with Crippen LogP contribution in [0, 0.1) is 27.7 Å². The highest BCUT2D eigenvalue weighted by Crippen LogP contribution is 2.34. The molecule has 168 valence electrons. The predicted molar refractivity (Wildman–Crippen MR) is 127 cm³/mol. The number of benzene rings is 2. The summed E-state index contributed by atoms with van der Waals surface area (Å²) in [6, 6.07) is 13.7. The summed E-state index contributed by atoms with van der Waals surface area (Å²) in [4.78, 5) is 17.5. The number of pyridine rings is 1. The third-order valence-corrected chi connectivity index (χ3v) is 6.11. The molecule has 7 nitrogen and oxygen atoms in total. The lowest BCUT2D eigenvalue weighted by Crippen LogP contribution is -2.13. The maximum absolute atomic E-state index is 12.6. The first kappa shape index (κ1) is 21.0. The van der Waals surface area contributed by atoms with Gasteiger partial charge in [0.2, 0.25) is 12.7 Å². The van der Waals surface area contributed by atoms with E-state index in [1.807, 2.05) is 24.6 Å². The van der Waals surface area contributed by atoms with E-state index in [0.29, 0.717) is 30.0 Å². The number of carbonyl (C=O) groups is 1. The first-order valence-corrected chi connectivity index (χ1v) is 11.0. The standard InChI is InChI=1S/C26H26N4O3/c1-15-5-8-20(9-6-15)30-26-25(18(4)29-30)16(2)21(17(3)27-26)10-12-24(31)28-19-7-11-22-23(13-19)33-14-32-22/h5-9,11,13H,10,12,14H2,1-4H3,(H,28,31). The SMILES string of the molecule is Cc1ccc(-n2nc(C)c3c(C)c(CCC(=O)Nc4ccc5c(c4)OCO5)c(C)nc32)cc1. The van der Waals surface area contributed by atoms with Gasteiger partial charge in [-0.2, -0.15) is 5.10 Å². The van der Waals surface area contributed by atoms with Crippen molar-refractivity contribution in [3.8, 4) is 17.2 Å². The van der Waals surface area contributed by atoms with Gasteiger partial charge in [-0.25, -0.2) is 9.67 Å². The number of rotatable bonds is 5. The highest BCUT2D eigenvalue weighted by atomic mass is 16.7. The molecule has 1 N–H and O–H groups in total. The lowest BCUT2D eigenvalue weighted by atomic mass is 9.99. The predicted octanol–water partition coefficient (Wildman–Crippen LogP) is 4.95. The molecule has 0 unspecified atom stereocenters. The van der Waals surface area contributed by atoms with Gasteiger partial charge in [0.15, 0.2) is 17.1 Å². The summed E-state index contributed by atoms with van der Waals surface area (Å²) in [6.45, 7) is 8.38. The van der Waals surface area contributed by atoms with Gasteiger partial charge in [-0.3, -0.25) is 4.79 Å². The first-order valence-electron chi connectivity index (χ1n) is 11.0. The van der Waals surface area contributed by atoms with E-state index in [-0.39, 0.29) is 12.7 Å². The molecule has 1 amide bonds. The van der Waals surface area contributed by atoms with Gasteiger partial charge in [0.1, 0.15) is 0 Å². The Morgan fingerprint density at radius 1 is 1.00 bits per heavy atom. The highest BCUT2D eigenvalue weighted by Gasteiger charge is 2.19. The molecule has 5 rings (SSSR count). The van der Waals surface area contributed by atoms with Gasteiger partial charge >= 0.3 is 0 Å². The van der Waals surface area contributed by atoms with E-state index < -0.39 is 0 Å². The van der Waals surface area contributed by atoms with Crippen LogP contribution in [0.5, 0.6) is 11.5 Å². The van der Waals surface area contributed by atoms with Crippen molar-refractivity contribution in [2.75, 3.05) is 12.1 Å². The average Bonchev–Trinajstić information content (AvgIpc) is 3.38. The number of ether oxygens (including phenoxy) is 2. The summed E-state index contributed by atoms with van der Waals surface area (Å²) >= 11 is 0. The third kappa shape index (κ3) is 3.91. The van der Waals surface area contributed by atoms with E-state index in [2.05, 4.69) is 43.4 Å².